The monoisotopic (exact) mass is 467 g/mol. The minimum Gasteiger partial charge on any atom is -0.451 e. The van der Waals surface area contributed by atoms with Gasteiger partial charge in [-0.3, -0.25) is 10.1 Å². The largest absolute Gasteiger partial charge is 0.451 e. The molecule has 4 aromatic rings. The minimum absolute atomic E-state index is 0.145. The first-order chi connectivity index (χ1) is 14.9. The molecule has 0 spiro atoms. The van der Waals surface area contributed by atoms with E-state index in [0.717, 1.165) is 22.4 Å². The molecule has 0 saturated heterocycles. The molecule has 0 radical (unpaired) electrons. The van der Waals surface area contributed by atoms with E-state index >= 15 is 0 Å². The van der Waals surface area contributed by atoms with Crippen molar-refractivity contribution >= 4 is 51.3 Å². The summed E-state index contributed by atoms with van der Waals surface area (Å²) in [5.74, 6) is 0.375. The number of thiazole rings is 1. The van der Waals surface area contributed by atoms with Crippen molar-refractivity contribution in [3.05, 3.63) is 81.9 Å². The Labute approximate surface area is 194 Å². The molecule has 156 valence electrons. The SMILES string of the molecule is Cc1ccc(-c2ccc(C(=O)NC(=S)Nc3nc(-c4ccc(Cl)cc4)cs3)o2)cc1C. The zero-order valence-corrected chi connectivity index (χ0v) is 19.1. The Morgan fingerprint density at radius 3 is 2.52 bits per heavy atom. The number of aryl methyl sites for hydroxylation is 2. The van der Waals surface area contributed by atoms with Gasteiger partial charge in [-0.05, 0) is 67.5 Å². The van der Waals surface area contributed by atoms with Crippen LogP contribution >= 0.6 is 35.2 Å². The molecule has 0 bridgehead atoms. The van der Waals surface area contributed by atoms with Crippen molar-refractivity contribution in [2.24, 2.45) is 0 Å². The Morgan fingerprint density at radius 2 is 1.77 bits per heavy atom. The highest BCUT2D eigenvalue weighted by Gasteiger charge is 2.15. The van der Waals surface area contributed by atoms with Crippen molar-refractivity contribution in [2.45, 2.75) is 13.8 Å². The summed E-state index contributed by atoms with van der Waals surface area (Å²) in [6.07, 6.45) is 0. The van der Waals surface area contributed by atoms with Crippen molar-refractivity contribution < 1.29 is 9.21 Å². The molecular formula is C23H18ClN3O2S2. The normalized spacial score (nSPS) is 10.7. The lowest BCUT2D eigenvalue weighted by atomic mass is 10.1. The van der Waals surface area contributed by atoms with Crippen LogP contribution in [0.5, 0.6) is 0 Å². The number of benzene rings is 2. The van der Waals surface area contributed by atoms with E-state index in [4.69, 9.17) is 28.2 Å². The predicted octanol–water partition coefficient (Wildman–Crippen LogP) is 6.47. The van der Waals surface area contributed by atoms with Crippen molar-refractivity contribution in [1.82, 2.24) is 10.3 Å². The summed E-state index contributed by atoms with van der Waals surface area (Å²) < 4.78 is 5.73. The number of halogens is 1. The number of carbonyl (C=O) groups excluding carboxylic acids is 1. The molecule has 0 atom stereocenters. The maximum Gasteiger partial charge on any atom is 0.293 e. The second-order valence-corrected chi connectivity index (χ2v) is 8.62. The first kappa shape index (κ1) is 21.2. The van der Waals surface area contributed by atoms with E-state index in [-0.39, 0.29) is 10.9 Å². The lowest BCUT2D eigenvalue weighted by Crippen LogP contribution is -2.33. The molecule has 2 heterocycles. The minimum atomic E-state index is -0.429. The second-order valence-electron chi connectivity index (χ2n) is 6.92. The summed E-state index contributed by atoms with van der Waals surface area (Å²) >= 11 is 12.6. The summed E-state index contributed by atoms with van der Waals surface area (Å²) in [6, 6.07) is 16.8. The molecule has 0 aliphatic rings. The van der Waals surface area contributed by atoms with Crippen LogP contribution < -0.4 is 10.6 Å². The van der Waals surface area contributed by atoms with Crippen molar-refractivity contribution in [1.29, 1.82) is 0 Å². The third-order valence-corrected chi connectivity index (χ3v) is 5.93. The molecule has 0 aliphatic heterocycles. The third-order valence-electron chi connectivity index (χ3n) is 4.71. The standard InChI is InChI=1S/C23H18ClN3O2S2/c1-13-3-4-16(11-14(13)2)19-9-10-20(29-19)21(28)26-22(30)27-23-25-18(12-31-23)15-5-7-17(24)8-6-15/h3-12H,1-2H3,(H2,25,26,27,28,30). The van der Waals surface area contributed by atoms with Gasteiger partial charge in [0.05, 0.1) is 5.69 Å². The number of nitrogens with zero attached hydrogens (tertiary/aromatic N) is 1. The van der Waals surface area contributed by atoms with Crippen LogP contribution in [0, 0.1) is 13.8 Å². The Morgan fingerprint density at radius 1 is 1.03 bits per heavy atom. The molecule has 0 aliphatic carbocycles. The van der Waals surface area contributed by atoms with Crippen LogP contribution in [0.25, 0.3) is 22.6 Å². The van der Waals surface area contributed by atoms with Crippen molar-refractivity contribution in [3.63, 3.8) is 0 Å². The molecular weight excluding hydrogens is 450 g/mol. The van der Waals surface area contributed by atoms with Gasteiger partial charge in [0.1, 0.15) is 5.76 Å². The predicted molar refractivity (Wildman–Crippen MR) is 130 cm³/mol. The van der Waals surface area contributed by atoms with Gasteiger partial charge in [-0.1, -0.05) is 35.9 Å². The third kappa shape index (κ3) is 5.02. The Balaban J connectivity index is 1.39. The Hall–Kier alpha value is -3.00. The van der Waals surface area contributed by atoms with E-state index in [0.29, 0.717) is 15.9 Å². The Bertz CT molecular complexity index is 1260. The van der Waals surface area contributed by atoms with E-state index in [9.17, 15) is 4.79 Å². The first-order valence-electron chi connectivity index (χ1n) is 9.40. The van der Waals surface area contributed by atoms with Crippen LogP contribution in [0.2, 0.25) is 5.02 Å². The number of hydrogen-bond acceptors (Lipinski definition) is 5. The number of amides is 1. The molecule has 2 aromatic heterocycles. The van der Waals surface area contributed by atoms with Crippen LogP contribution in [-0.2, 0) is 0 Å². The summed E-state index contributed by atoms with van der Waals surface area (Å²) in [5, 5.41) is 8.85. The van der Waals surface area contributed by atoms with Crippen molar-refractivity contribution in [2.75, 3.05) is 5.32 Å². The summed E-state index contributed by atoms with van der Waals surface area (Å²) in [7, 11) is 0. The average molecular weight is 468 g/mol. The van der Waals surface area contributed by atoms with Crippen LogP contribution in [0.1, 0.15) is 21.7 Å². The van der Waals surface area contributed by atoms with E-state index in [1.807, 2.05) is 54.8 Å². The summed E-state index contributed by atoms with van der Waals surface area (Å²) in [5.41, 5.74) is 5.01. The van der Waals surface area contributed by atoms with Gasteiger partial charge in [0, 0.05) is 21.5 Å². The lowest BCUT2D eigenvalue weighted by Gasteiger charge is -2.06. The molecule has 2 aromatic carbocycles. The smallest absolute Gasteiger partial charge is 0.293 e. The van der Waals surface area contributed by atoms with E-state index in [1.54, 1.807) is 12.1 Å². The van der Waals surface area contributed by atoms with Gasteiger partial charge in [-0.25, -0.2) is 4.98 Å². The quantitative estimate of drug-likeness (QED) is 0.337. The molecule has 0 saturated carbocycles. The van der Waals surface area contributed by atoms with Gasteiger partial charge in [0.25, 0.3) is 5.91 Å². The molecule has 5 nitrogen and oxygen atoms in total. The zero-order chi connectivity index (χ0) is 22.0. The van der Waals surface area contributed by atoms with Crippen LogP contribution in [0.3, 0.4) is 0 Å². The van der Waals surface area contributed by atoms with E-state index < -0.39 is 5.91 Å². The molecule has 4 rings (SSSR count). The topological polar surface area (TPSA) is 67.2 Å². The van der Waals surface area contributed by atoms with Crippen LogP contribution in [0.15, 0.2) is 64.4 Å². The van der Waals surface area contributed by atoms with E-state index in [1.165, 1.54) is 16.9 Å². The molecule has 0 unspecified atom stereocenters. The number of hydrogen-bond donors (Lipinski definition) is 2. The number of furan rings is 1. The molecule has 2 N–H and O–H groups in total. The van der Waals surface area contributed by atoms with E-state index in [2.05, 4.69) is 22.5 Å². The van der Waals surface area contributed by atoms with Crippen molar-refractivity contribution in [3.8, 4) is 22.6 Å². The fourth-order valence-corrected chi connectivity index (χ4v) is 3.99. The highest BCUT2D eigenvalue weighted by molar-refractivity contribution is 7.80. The molecule has 0 fully saturated rings. The highest BCUT2D eigenvalue weighted by atomic mass is 35.5. The fraction of sp³-hybridized carbons (Fsp3) is 0.0870. The fourth-order valence-electron chi connectivity index (χ4n) is 2.89. The number of anilines is 1. The summed E-state index contributed by atoms with van der Waals surface area (Å²) in [6.45, 7) is 4.09. The molecule has 8 heteroatoms. The number of rotatable bonds is 4. The zero-order valence-electron chi connectivity index (χ0n) is 16.7. The van der Waals surface area contributed by atoms with Gasteiger partial charge in [-0.2, -0.15) is 0 Å². The highest BCUT2D eigenvalue weighted by Crippen LogP contribution is 2.26. The average Bonchev–Trinajstić information content (AvgIpc) is 3.41. The maximum atomic E-state index is 12.5. The second kappa shape index (κ2) is 9.01. The van der Waals surface area contributed by atoms with Gasteiger partial charge in [-0.15, -0.1) is 11.3 Å². The maximum absolute atomic E-state index is 12.5. The number of aromatic nitrogens is 1. The van der Waals surface area contributed by atoms with Gasteiger partial charge in [0.15, 0.2) is 16.0 Å². The number of thiocarbonyl (C=S) groups is 1. The van der Waals surface area contributed by atoms with Gasteiger partial charge >= 0.3 is 0 Å². The lowest BCUT2D eigenvalue weighted by molar-refractivity contribution is 0.0951. The first-order valence-corrected chi connectivity index (χ1v) is 11.1. The Kier molecular flexibility index (Phi) is 6.18. The molecule has 31 heavy (non-hydrogen) atoms. The number of nitrogens with one attached hydrogen (secondary N) is 2. The van der Waals surface area contributed by atoms with Crippen LogP contribution in [0.4, 0.5) is 5.13 Å². The molecule has 1 amide bonds. The number of carbonyl (C=O) groups is 1. The summed E-state index contributed by atoms with van der Waals surface area (Å²) in [4.78, 5) is 17.0. The van der Waals surface area contributed by atoms with Gasteiger partial charge in [0.2, 0.25) is 0 Å². The van der Waals surface area contributed by atoms with Crippen LogP contribution in [-0.4, -0.2) is 16.0 Å². The van der Waals surface area contributed by atoms with Gasteiger partial charge < -0.3 is 9.73 Å².